The van der Waals surface area contributed by atoms with Crippen molar-refractivity contribution in [1.29, 1.82) is 0 Å². The van der Waals surface area contributed by atoms with Gasteiger partial charge in [0.2, 0.25) is 0 Å². The number of nitrogens with one attached hydrogen (secondary N) is 1. The average molecular weight is 378 g/mol. The predicted molar refractivity (Wildman–Crippen MR) is 113 cm³/mol. The maximum atomic E-state index is 12.8. The molecule has 1 N–H and O–H groups in total. The van der Waals surface area contributed by atoms with Crippen LogP contribution in [-0.2, 0) is 13.0 Å². The Kier molecular flexibility index (Phi) is 5.78. The van der Waals surface area contributed by atoms with Crippen LogP contribution in [0, 0.1) is 6.92 Å². The van der Waals surface area contributed by atoms with E-state index < -0.39 is 0 Å². The summed E-state index contributed by atoms with van der Waals surface area (Å²) in [5.41, 5.74) is 3.26. The third-order valence-corrected chi connectivity index (χ3v) is 4.84. The van der Waals surface area contributed by atoms with Crippen LogP contribution in [0.5, 0.6) is 0 Å². The van der Waals surface area contributed by atoms with E-state index in [1.54, 1.807) is 10.6 Å². The minimum absolute atomic E-state index is 0.0313. The lowest BCUT2D eigenvalue weighted by Crippen LogP contribution is -2.30. The summed E-state index contributed by atoms with van der Waals surface area (Å²) >= 11 is 0. The van der Waals surface area contributed by atoms with Gasteiger partial charge in [-0.3, -0.25) is 14.2 Å². The highest BCUT2D eigenvalue weighted by molar-refractivity contribution is 5.95. The van der Waals surface area contributed by atoms with E-state index in [9.17, 15) is 9.59 Å². The Morgan fingerprint density at radius 1 is 1.18 bits per heavy atom. The van der Waals surface area contributed by atoms with E-state index >= 15 is 0 Å². The zero-order valence-electron chi connectivity index (χ0n) is 16.8. The van der Waals surface area contributed by atoms with Crippen LogP contribution in [0.2, 0.25) is 0 Å². The number of rotatable bonds is 6. The van der Waals surface area contributed by atoms with Crippen LogP contribution in [0.1, 0.15) is 28.7 Å². The highest BCUT2D eigenvalue weighted by Crippen LogP contribution is 2.14. The number of amides is 1. The first-order chi connectivity index (χ1) is 13.4. The molecule has 3 aromatic rings. The standard InChI is InChI=1S/C22H26N4O2/c1-5-26-19(24-20-15(2)8-6-11-18(20)22(26)28)12-13-23-21(27)16-9-7-10-17(14-16)25(3)4/h6-11,14H,5,12-13H2,1-4H3,(H,23,27). The summed E-state index contributed by atoms with van der Waals surface area (Å²) in [6.07, 6.45) is 0.493. The summed E-state index contributed by atoms with van der Waals surface area (Å²) in [6.45, 7) is 4.84. The summed E-state index contributed by atoms with van der Waals surface area (Å²) in [7, 11) is 3.88. The topological polar surface area (TPSA) is 67.2 Å². The number of nitrogens with zero attached hydrogens (tertiary/aromatic N) is 3. The number of aryl methyl sites for hydroxylation is 1. The first-order valence-corrected chi connectivity index (χ1v) is 9.47. The molecule has 1 heterocycles. The van der Waals surface area contributed by atoms with E-state index in [0.29, 0.717) is 36.3 Å². The van der Waals surface area contributed by atoms with E-state index in [0.717, 1.165) is 16.8 Å². The molecule has 1 amide bonds. The van der Waals surface area contributed by atoms with E-state index in [1.165, 1.54) is 0 Å². The molecule has 0 atom stereocenters. The van der Waals surface area contributed by atoms with Crippen LogP contribution in [0.3, 0.4) is 0 Å². The predicted octanol–water partition coefficient (Wildman–Crippen LogP) is 2.76. The summed E-state index contributed by atoms with van der Waals surface area (Å²) in [6, 6.07) is 13.1. The summed E-state index contributed by atoms with van der Waals surface area (Å²) in [4.78, 5) is 31.9. The Morgan fingerprint density at radius 3 is 2.64 bits per heavy atom. The fourth-order valence-electron chi connectivity index (χ4n) is 3.26. The number of hydrogen-bond acceptors (Lipinski definition) is 4. The van der Waals surface area contributed by atoms with Crippen LogP contribution in [-0.4, -0.2) is 36.1 Å². The number of hydrogen-bond donors (Lipinski definition) is 1. The normalized spacial score (nSPS) is 10.9. The molecule has 0 spiro atoms. The fourth-order valence-corrected chi connectivity index (χ4v) is 3.26. The van der Waals surface area contributed by atoms with Crippen molar-refractivity contribution in [2.75, 3.05) is 25.5 Å². The molecule has 0 bridgehead atoms. The van der Waals surface area contributed by atoms with Gasteiger partial charge in [-0.15, -0.1) is 0 Å². The monoisotopic (exact) mass is 378 g/mol. The third kappa shape index (κ3) is 3.91. The SMILES string of the molecule is CCn1c(CCNC(=O)c2cccc(N(C)C)c2)nc2c(C)cccc2c1=O. The van der Waals surface area contributed by atoms with Gasteiger partial charge < -0.3 is 10.2 Å². The average Bonchev–Trinajstić information content (AvgIpc) is 2.69. The molecule has 3 rings (SSSR count). The van der Waals surface area contributed by atoms with E-state index in [2.05, 4.69) is 5.32 Å². The van der Waals surface area contributed by atoms with Gasteiger partial charge in [0.05, 0.1) is 10.9 Å². The van der Waals surface area contributed by atoms with Crippen LogP contribution >= 0.6 is 0 Å². The van der Waals surface area contributed by atoms with Gasteiger partial charge in [-0.25, -0.2) is 4.98 Å². The molecule has 6 nitrogen and oxygen atoms in total. The number of carbonyl (C=O) groups excluding carboxylic acids is 1. The molecule has 0 aliphatic rings. The third-order valence-electron chi connectivity index (χ3n) is 4.84. The molecule has 0 saturated heterocycles. The van der Waals surface area contributed by atoms with Crippen molar-refractivity contribution in [2.45, 2.75) is 26.8 Å². The van der Waals surface area contributed by atoms with Crippen LogP contribution in [0.15, 0.2) is 47.3 Å². The second-order valence-corrected chi connectivity index (χ2v) is 7.00. The van der Waals surface area contributed by atoms with Crippen molar-refractivity contribution in [3.63, 3.8) is 0 Å². The van der Waals surface area contributed by atoms with Crippen molar-refractivity contribution in [1.82, 2.24) is 14.9 Å². The largest absolute Gasteiger partial charge is 0.378 e. The first kappa shape index (κ1) is 19.6. The van der Waals surface area contributed by atoms with Crippen molar-refractivity contribution < 1.29 is 4.79 Å². The molecule has 6 heteroatoms. The number of aromatic nitrogens is 2. The lowest BCUT2D eigenvalue weighted by atomic mass is 10.1. The molecule has 0 unspecified atom stereocenters. The van der Waals surface area contributed by atoms with Crippen molar-refractivity contribution >= 4 is 22.5 Å². The van der Waals surface area contributed by atoms with Gasteiger partial charge in [-0.1, -0.05) is 18.2 Å². The minimum atomic E-state index is -0.133. The number of benzene rings is 2. The van der Waals surface area contributed by atoms with Gasteiger partial charge in [0.1, 0.15) is 5.82 Å². The molecule has 1 aromatic heterocycles. The van der Waals surface area contributed by atoms with Crippen molar-refractivity contribution in [3.05, 3.63) is 69.8 Å². The van der Waals surface area contributed by atoms with Gasteiger partial charge in [0, 0.05) is 44.9 Å². The summed E-state index contributed by atoms with van der Waals surface area (Å²) < 4.78 is 1.68. The van der Waals surface area contributed by atoms with Crippen molar-refractivity contribution in [3.8, 4) is 0 Å². The maximum absolute atomic E-state index is 12.8. The van der Waals surface area contributed by atoms with E-state index in [1.807, 2.05) is 69.2 Å². The lowest BCUT2D eigenvalue weighted by Gasteiger charge is -2.14. The quantitative estimate of drug-likeness (QED) is 0.716. The molecule has 28 heavy (non-hydrogen) atoms. The van der Waals surface area contributed by atoms with Crippen LogP contribution in [0.4, 0.5) is 5.69 Å². The van der Waals surface area contributed by atoms with Gasteiger partial charge in [0.15, 0.2) is 0 Å². The minimum Gasteiger partial charge on any atom is -0.378 e. The Hall–Kier alpha value is -3.15. The Labute approximate surface area is 164 Å². The molecule has 0 aliphatic carbocycles. The summed E-state index contributed by atoms with van der Waals surface area (Å²) in [5, 5.41) is 3.57. The Morgan fingerprint density at radius 2 is 1.93 bits per heavy atom. The zero-order valence-corrected chi connectivity index (χ0v) is 16.8. The number of para-hydroxylation sites is 1. The number of carbonyl (C=O) groups is 1. The molecule has 0 radical (unpaired) electrons. The molecular formula is C22H26N4O2. The smallest absolute Gasteiger partial charge is 0.261 e. The Bertz CT molecular complexity index is 1070. The lowest BCUT2D eigenvalue weighted by molar-refractivity contribution is 0.0954. The van der Waals surface area contributed by atoms with E-state index in [-0.39, 0.29) is 11.5 Å². The van der Waals surface area contributed by atoms with Gasteiger partial charge in [-0.05, 0) is 43.7 Å². The molecule has 2 aromatic carbocycles. The highest BCUT2D eigenvalue weighted by Gasteiger charge is 2.12. The molecular weight excluding hydrogens is 352 g/mol. The highest BCUT2D eigenvalue weighted by atomic mass is 16.1. The maximum Gasteiger partial charge on any atom is 0.261 e. The molecule has 146 valence electrons. The van der Waals surface area contributed by atoms with Crippen molar-refractivity contribution in [2.24, 2.45) is 0 Å². The molecule has 0 saturated carbocycles. The van der Waals surface area contributed by atoms with Crippen LogP contribution in [0.25, 0.3) is 10.9 Å². The van der Waals surface area contributed by atoms with Gasteiger partial charge in [0.25, 0.3) is 11.5 Å². The number of fused-ring (bicyclic) bond motifs is 1. The molecule has 0 fully saturated rings. The second-order valence-electron chi connectivity index (χ2n) is 7.00. The number of anilines is 1. The van der Waals surface area contributed by atoms with Gasteiger partial charge >= 0.3 is 0 Å². The summed E-state index contributed by atoms with van der Waals surface area (Å²) in [5.74, 6) is 0.558. The van der Waals surface area contributed by atoms with Gasteiger partial charge in [-0.2, -0.15) is 0 Å². The second kappa shape index (κ2) is 8.25. The first-order valence-electron chi connectivity index (χ1n) is 9.47. The fraction of sp³-hybridized carbons (Fsp3) is 0.318. The zero-order chi connectivity index (χ0) is 20.3. The van der Waals surface area contributed by atoms with E-state index in [4.69, 9.17) is 4.98 Å². The Balaban J connectivity index is 1.78. The van der Waals surface area contributed by atoms with Crippen LogP contribution < -0.4 is 15.8 Å². The molecule has 0 aliphatic heterocycles.